The Morgan fingerprint density at radius 3 is 2.00 bits per heavy atom. The van der Waals surface area contributed by atoms with Crippen molar-refractivity contribution in [1.29, 1.82) is 0 Å². The van der Waals surface area contributed by atoms with Crippen LogP contribution >= 0.6 is 0 Å². The summed E-state index contributed by atoms with van der Waals surface area (Å²) in [5, 5.41) is 0. The van der Waals surface area contributed by atoms with E-state index in [0.717, 1.165) is 24.1 Å². The molecular weight excluding hydrogens is 235 g/mol. The molecule has 0 amide bonds. The van der Waals surface area contributed by atoms with Gasteiger partial charge in [-0.3, -0.25) is 0 Å². The van der Waals surface area contributed by atoms with Crippen LogP contribution in [0.15, 0.2) is 12.4 Å². The zero-order valence-electron chi connectivity index (χ0n) is 12.6. The summed E-state index contributed by atoms with van der Waals surface area (Å²) < 4.78 is 12.2. The maximum Gasteiger partial charge on any atom is 0.0829 e. The normalized spacial score (nSPS) is 36.7. The molecule has 0 saturated heterocycles. The van der Waals surface area contributed by atoms with Gasteiger partial charge in [-0.15, -0.1) is 0 Å². The van der Waals surface area contributed by atoms with Gasteiger partial charge in [-0.05, 0) is 62.2 Å². The predicted octanol–water partition coefficient (Wildman–Crippen LogP) is 6.27. The number of allylic oxidation sites excluding steroid dienone is 1. The summed E-state index contributed by atoms with van der Waals surface area (Å²) in [4.78, 5) is 0. The highest BCUT2D eigenvalue weighted by Gasteiger charge is 2.30. The van der Waals surface area contributed by atoms with Crippen molar-refractivity contribution in [2.45, 2.75) is 77.6 Å². The molecule has 2 fully saturated rings. The Balaban J connectivity index is 1.68. The molecule has 0 atom stereocenters. The summed E-state index contributed by atoms with van der Waals surface area (Å²) in [7, 11) is 0. The van der Waals surface area contributed by atoms with Crippen LogP contribution in [-0.2, 0) is 0 Å². The first-order valence-corrected chi connectivity index (χ1v) is 8.60. The van der Waals surface area contributed by atoms with E-state index < -0.39 is 0 Å². The van der Waals surface area contributed by atoms with Crippen LogP contribution in [-0.4, -0.2) is 0 Å². The SMILES string of the molecule is CCCCC1CCC(C2CCC(C=CF)CC2)CC1. The first-order chi connectivity index (χ1) is 9.33. The van der Waals surface area contributed by atoms with Gasteiger partial charge in [0.25, 0.3) is 0 Å². The molecule has 0 bridgehead atoms. The highest BCUT2D eigenvalue weighted by atomic mass is 19.1. The standard InChI is InChI=1S/C18H31F/c1-2-3-4-15-5-9-17(10-6-15)18-11-7-16(8-12-18)13-14-19/h13-18H,2-12H2,1H3. The molecule has 0 spiro atoms. The van der Waals surface area contributed by atoms with Crippen molar-refractivity contribution in [3.05, 3.63) is 12.4 Å². The number of hydrogen-bond acceptors (Lipinski definition) is 0. The third kappa shape index (κ3) is 4.61. The van der Waals surface area contributed by atoms with Crippen LogP contribution in [0.2, 0.25) is 0 Å². The van der Waals surface area contributed by atoms with E-state index in [2.05, 4.69) is 6.92 Å². The molecule has 0 aromatic heterocycles. The van der Waals surface area contributed by atoms with Gasteiger partial charge in [0.05, 0.1) is 6.33 Å². The summed E-state index contributed by atoms with van der Waals surface area (Å²) in [6.45, 7) is 2.30. The monoisotopic (exact) mass is 266 g/mol. The van der Waals surface area contributed by atoms with Crippen LogP contribution in [0.25, 0.3) is 0 Å². The second-order valence-electron chi connectivity index (χ2n) is 6.92. The van der Waals surface area contributed by atoms with Crippen molar-refractivity contribution in [1.82, 2.24) is 0 Å². The Morgan fingerprint density at radius 1 is 0.895 bits per heavy atom. The molecule has 1 heteroatoms. The molecule has 0 aliphatic heterocycles. The van der Waals surface area contributed by atoms with Gasteiger partial charge in [0.1, 0.15) is 0 Å². The minimum absolute atomic E-state index is 0.530. The van der Waals surface area contributed by atoms with E-state index in [1.165, 1.54) is 70.6 Å². The number of unbranched alkanes of at least 4 members (excludes halogenated alkanes) is 1. The van der Waals surface area contributed by atoms with Gasteiger partial charge < -0.3 is 0 Å². The van der Waals surface area contributed by atoms with Gasteiger partial charge in [-0.2, -0.15) is 0 Å². The average molecular weight is 266 g/mol. The molecule has 0 aromatic rings. The molecule has 0 nitrogen and oxygen atoms in total. The minimum atomic E-state index is 0.530. The molecule has 2 saturated carbocycles. The third-order valence-corrected chi connectivity index (χ3v) is 5.69. The van der Waals surface area contributed by atoms with Gasteiger partial charge in [0.2, 0.25) is 0 Å². The maximum atomic E-state index is 12.2. The smallest absolute Gasteiger partial charge is 0.0829 e. The quantitative estimate of drug-likeness (QED) is 0.550. The lowest BCUT2D eigenvalue weighted by Gasteiger charge is -2.37. The van der Waals surface area contributed by atoms with Crippen LogP contribution in [0.1, 0.15) is 77.6 Å². The highest BCUT2D eigenvalue weighted by Crippen LogP contribution is 2.42. The van der Waals surface area contributed by atoms with E-state index in [9.17, 15) is 4.39 Å². The first-order valence-electron chi connectivity index (χ1n) is 8.60. The van der Waals surface area contributed by atoms with E-state index in [-0.39, 0.29) is 0 Å². The molecule has 2 aliphatic carbocycles. The minimum Gasteiger partial charge on any atom is -0.216 e. The number of halogens is 1. The Bertz CT molecular complexity index is 255. The Morgan fingerprint density at radius 2 is 1.47 bits per heavy atom. The van der Waals surface area contributed by atoms with Crippen LogP contribution in [0.3, 0.4) is 0 Å². The fourth-order valence-electron chi connectivity index (χ4n) is 4.35. The van der Waals surface area contributed by atoms with Crippen LogP contribution in [0, 0.1) is 23.7 Å². The van der Waals surface area contributed by atoms with Gasteiger partial charge in [-0.1, -0.05) is 45.1 Å². The van der Waals surface area contributed by atoms with Crippen molar-refractivity contribution in [3.63, 3.8) is 0 Å². The summed E-state index contributed by atoms with van der Waals surface area (Å²) in [5.74, 6) is 3.51. The molecule has 2 aliphatic rings. The summed E-state index contributed by atoms with van der Waals surface area (Å²) >= 11 is 0. The van der Waals surface area contributed by atoms with Crippen LogP contribution in [0.5, 0.6) is 0 Å². The molecule has 110 valence electrons. The van der Waals surface area contributed by atoms with E-state index >= 15 is 0 Å². The fourth-order valence-corrected chi connectivity index (χ4v) is 4.35. The van der Waals surface area contributed by atoms with Crippen molar-refractivity contribution >= 4 is 0 Å². The Labute approximate surface area is 118 Å². The Hall–Kier alpha value is -0.330. The maximum absolute atomic E-state index is 12.2. The van der Waals surface area contributed by atoms with Crippen molar-refractivity contribution in [2.75, 3.05) is 0 Å². The van der Waals surface area contributed by atoms with Gasteiger partial charge in [0, 0.05) is 0 Å². The summed E-state index contributed by atoms with van der Waals surface area (Å²) in [6.07, 6.45) is 17.8. The van der Waals surface area contributed by atoms with Crippen molar-refractivity contribution in [3.8, 4) is 0 Å². The molecule has 0 heterocycles. The van der Waals surface area contributed by atoms with E-state index in [4.69, 9.17) is 0 Å². The molecule has 19 heavy (non-hydrogen) atoms. The van der Waals surface area contributed by atoms with Gasteiger partial charge in [-0.25, -0.2) is 4.39 Å². The van der Waals surface area contributed by atoms with Crippen molar-refractivity contribution in [2.24, 2.45) is 23.7 Å². The van der Waals surface area contributed by atoms with Crippen molar-refractivity contribution < 1.29 is 4.39 Å². The molecule has 0 unspecified atom stereocenters. The second-order valence-corrected chi connectivity index (χ2v) is 6.92. The van der Waals surface area contributed by atoms with E-state index in [1.54, 1.807) is 6.08 Å². The number of hydrogen-bond donors (Lipinski definition) is 0. The lowest BCUT2D eigenvalue weighted by atomic mass is 9.69. The largest absolute Gasteiger partial charge is 0.216 e. The summed E-state index contributed by atoms with van der Waals surface area (Å²) in [6, 6.07) is 0. The molecule has 0 aromatic carbocycles. The molecule has 0 N–H and O–H groups in total. The van der Waals surface area contributed by atoms with E-state index in [1.807, 2.05) is 0 Å². The lowest BCUT2D eigenvalue weighted by Crippen LogP contribution is -2.25. The van der Waals surface area contributed by atoms with Crippen LogP contribution in [0.4, 0.5) is 4.39 Å². The fraction of sp³-hybridized carbons (Fsp3) is 0.889. The average Bonchev–Trinajstić information content (AvgIpc) is 2.47. The van der Waals surface area contributed by atoms with E-state index in [0.29, 0.717) is 5.92 Å². The van der Waals surface area contributed by atoms with Gasteiger partial charge >= 0.3 is 0 Å². The number of rotatable bonds is 5. The zero-order valence-corrected chi connectivity index (χ0v) is 12.6. The second kappa shape index (κ2) is 8.07. The predicted molar refractivity (Wildman–Crippen MR) is 80.7 cm³/mol. The highest BCUT2D eigenvalue weighted by molar-refractivity contribution is 4.89. The molecule has 0 radical (unpaired) electrons. The first kappa shape index (κ1) is 15.1. The molecule has 2 rings (SSSR count). The van der Waals surface area contributed by atoms with Gasteiger partial charge in [0.15, 0.2) is 0 Å². The lowest BCUT2D eigenvalue weighted by molar-refractivity contribution is 0.151. The summed E-state index contributed by atoms with van der Waals surface area (Å²) in [5.41, 5.74) is 0. The third-order valence-electron chi connectivity index (χ3n) is 5.69. The zero-order chi connectivity index (χ0) is 13.5. The Kier molecular flexibility index (Phi) is 6.40. The molecular formula is C18H31F. The van der Waals surface area contributed by atoms with Crippen LogP contribution < -0.4 is 0 Å². The topological polar surface area (TPSA) is 0 Å².